The van der Waals surface area contributed by atoms with Gasteiger partial charge < -0.3 is 9.30 Å². The maximum atomic E-state index is 12.4. The molecule has 3 aromatic rings. The van der Waals surface area contributed by atoms with Gasteiger partial charge in [0, 0.05) is 32.1 Å². The van der Waals surface area contributed by atoms with E-state index < -0.39 is 10.0 Å². The first-order valence-electron chi connectivity index (χ1n) is 8.19. The highest BCUT2D eigenvalue weighted by Crippen LogP contribution is 2.24. The van der Waals surface area contributed by atoms with Gasteiger partial charge in [-0.3, -0.25) is 0 Å². The second-order valence-corrected chi connectivity index (χ2v) is 9.08. The van der Waals surface area contributed by atoms with Crippen molar-refractivity contribution in [2.75, 3.05) is 21.2 Å². The summed E-state index contributed by atoms with van der Waals surface area (Å²) in [5, 5.41) is 1.98. The number of methoxy groups -OCH3 is 1. The van der Waals surface area contributed by atoms with Crippen LogP contribution < -0.4 is 9.54 Å². The topological polar surface area (TPSA) is 63.9 Å². The van der Waals surface area contributed by atoms with Gasteiger partial charge in [0.05, 0.1) is 23.4 Å². The van der Waals surface area contributed by atoms with E-state index in [0.717, 1.165) is 27.5 Å². The van der Waals surface area contributed by atoms with Crippen LogP contribution in [0.2, 0.25) is 0 Å². The Morgan fingerprint density at radius 1 is 1.11 bits per heavy atom. The maximum Gasteiger partial charge on any atom is 0.242 e. The normalized spacial score (nSPS) is 12.6. The van der Waals surface area contributed by atoms with Crippen LogP contribution in [0.1, 0.15) is 0 Å². The molecular weight excluding hydrogens is 382 g/mol. The molecular formula is C19H21N3O3S2. The summed E-state index contributed by atoms with van der Waals surface area (Å²) in [6.45, 7) is 0. The molecule has 8 heteroatoms. The van der Waals surface area contributed by atoms with Crippen LogP contribution in [-0.4, -0.2) is 38.5 Å². The van der Waals surface area contributed by atoms with Crippen molar-refractivity contribution in [1.29, 1.82) is 0 Å². The third kappa shape index (κ3) is 3.97. The van der Waals surface area contributed by atoms with Gasteiger partial charge in [0.25, 0.3) is 0 Å². The minimum Gasteiger partial charge on any atom is -0.497 e. The van der Waals surface area contributed by atoms with Gasteiger partial charge in [-0.1, -0.05) is 12.1 Å². The van der Waals surface area contributed by atoms with Crippen molar-refractivity contribution >= 4 is 27.0 Å². The van der Waals surface area contributed by atoms with Crippen molar-refractivity contribution in [3.8, 4) is 17.0 Å². The van der Waals surface area contributed by atoms with Crippen LogP contribution in [-0.2, 0) is 17.1 Å². The van der Waals surface area contributed by atoms with E-state index in [1.807, 2.05) is 47.3 Å². The largest absolute Gasteiger partial charge is 0.497 e. The Labute approximate surface area is 163 Å². The van der Waals surface area contributed by atoms with Crippen molar-refractivity contribution in [3.63, 3.8) is 0 Å². The molecule has 0 saturated heterocycles. The van der Waals surface area contributed by atoms with Crippen LogP contribution in [0.15, 0.2) is 63.8 Å². The Hall–Kier alpha value is -2.42. The quantitative estimate of drug-likeness (QED) is 0.657. The predicted octanol–water partition coefficient (Wildman–Crippen LogP) is 3.24. The van der Waals surface area contributed by atoms with Crippen molar-refractivity contribution in [2.24, 2.45) is 12.0 Å². The first kappa shape index (κ1) is 19.3. The lowest BCUT2D eigenvalue weighted by atomic mass is 10.2. The highest BCUT2D eigenvalue weighted by Gasteiger charge is 2.18. The molecule has 0 bridgehead atoms. The third-order valence-electron chi connectivity index (χ3n) is 4.13. The summed E-state index contributed by atoms with van der Waals surface area (Å²) in [5.41, 5.74) is 2.56. The number of ether oxygens (including phenoxy) is 1. The smallest absolute Gasteiger partial charge is 0.242 e. The van der Waals surface area contributed by atoms with Gasteiger partial charge in [-0.2, -0.15) is 0 Å². The van der Waals surface area contributed by atoms with Crippen LogP contribution in [0, 0.1) is 0 Å². The Kier molecular flexibility index (Phi) is 5.50. The van der Waals surface area contributed by atoms with Gasteiger partial charge >= 0.3 is 0 Å². The number of nitrogens with zero attached hydrogens (tertiary/aromatic N) is 3. The second-order valence-electron chi connectivity index (χ2n) is 6.09. The maximum absolute atomic E-state index is 12.4. The number of benzene rings is 2. The predicted molar refractivity (Wildman–Crippen MR) is 108 cm³/mol. The third-order valence-corrected chi connectivity index (χ3v) is 6.86. The van der Waals surface area contributed by atoms with E-state index in [1.54, 1.807) is 25.3 Å². The summed E-state index contributed by atoms with van der Waals surface area (Å²) in [5.74, 6) is 0.782. The molecule has 0 N–H and O–H groups in total. The van der Waals surface area contributed by atoms with Gasteiger partial charge in [0.2, 0.25) is 10.0 Å². The van der Waals surface area contributed by atoms with Crippen molar-refractivity contribution in [3.05, 3.63) is 58.7 Å². The lowest BCUT2D eigenvalue weighted by Crippen LogP contribution is -2.22. The van der Waals surface area contributed by atoms with E-state index in [4.69, 9.17) is 4.74 Å². The molecule has 142 valence electrons. The van der Waals surface area contributed by atoms with Gasteiger partial charge in [-0.15, -0.1) is 11.3 Å². The van der Waals surface area contributed by atoms with Gasteiger partial charge in [0.1, 0.15) is 5.75 Å². The fourth-order valence-corrected chi connectivity index (χ4v) is 4.40. The SMILES string of the molecule is COc1ccc(N=c2scc(-c3cccc(S(=O)(=O)N(C)C)c3)n2C)cc1. The molecule has 27 heavy (non-hydrogen) atoms. The lowest BCUT2D eigenvalue weighted by Gasteiger charge is -2.12. The molecule has 0 saturated carbocycles. The molecule has 0 unspecified atom stereocenters. The Balaban J connectivity index is 2.02. The fraction of sp³-hybridized carbons (Fsp3) is 0.211. The van der Waals surface area contributed by atoms with Gasteiger partial charge in [0.15, 0.2) is 4.80 Å². The minimum absolute atomic E-state index is 0.268. The Morgan fingerprint density at radius 2 is 1.81 bits per heavy atom. The molecule has 0 fully saturated rings. The molecule has 3 rings (SSSR count). The molecule has 0 spiro atoms. The molecule has 6 nitrogen and oxygen atoms in total. The Morgan fingerprint density at radius 3 is 2.44 bits per heavy atom. The summed E-state index contributed by atoms with van der Waals surface area (Å²) >= 11 is 1.50. The highest BCUT2D eigenvalue weighted by molar-refractivity contribution is 7.89. The van der Waals surface area contributed by atoms with Gasteiger partial charge in [-0.05, 0) is 36.4 Å². The van der Waals surface area contributed by atoms with E-state index in [9.17, 15) is 8.42 Å². The molecule has 2 aromatic carbocycles. The summed E-state index contributed by atoms with van der Waals surface area (Å²) in [6.07, 6.45) is 0. The van der Waals surface area contributed by atoms with Crippen LogP contribution >= 0.6 is 11.3 Å². The number of aromatic nitrogens is 1. The van der Waals surface area contributed by atoms with E-state index in [2.05, 4.69) is 4.99 Å². The number of sulfonamides is 1. The summed E-state index contributed by atoms with van der Waals surface area (Å²) < 4.78 is 33.1. The molecule has 0 atom stereocenters. The summed E-state index contributed by atoms with van der Waals surface area (Å²) in [7, 11) is 3.12. The standard InChI is InChI=1S/C19H21N3O3S2/c1-21(2)27(23,24)17-7-5-6-14(12-17)18-13-26-19(22(18)3)20-15-8-10-16(25-4)11-9-15/h5-13H,1-4H3. The van der Waals surface area contributed by atoms with Crippen molar-refractivity contribution in [2.45, 2.75) is 4.90 Å². The van der Waals surface area contributed by atoms with E-state index in [-0.39, 0.29) is 4.90 Å². The number of thiazole rings is 1. The average molecular weight is 404 g/mol. The molecule has 0 aliphatic heterocycles. The first-order chi connectivity index (χ1) is 12.8. The monoisotopic (exact) mass is 403 g/mol. The number of rotatable bonds is 5. The van der Waals surface area contributed by atoms with Crippen molar-refractivity contribution < 1.29 is 13.2 Å². The van der Waals surface area contributed by atoms with Crippen LogP contribution in [0.5, 0.6) is 5.75 Å². The van der Waals surface area contributed by atoms with Gasteiger partial charge in [-0.25, -0.2) is 17.7 Å². The summed E-state index contributed by atoms with van der Waals surface area (Å²) in [4.78, 5) is 5.75. The first-order valence-corrected chi connectivity index (χ1v) is 10.5. The fourth-order valence-electron chi connectivity index (χ4n) is 2.53. The highest BCUT2D eigenvalue weighted by atomic mass is 32.2. The van der Waals surface area contributed by atoms with Crippen LogP contribution in [0.4, 0.5) is 5.69 Å². The van der Waals surface area contributed by atoms with Crippen LogP contribution in [0.3, 0.4) is 0 Å². The molecule has 0 aliphatic carbocycles. The molecule has 1 aromatic heterocycles. The zero-order chi connectivity index (χ0) is 19.6. The number of hydrogen-bond acceptors (Lipinski definition) is 5. The zero-order valence-electron chi connectivity index (χ0n) is 15.6. The van der Waals surface area contributed by atoms with Crippen molar-refractivity contribution in [1.82, 2.24) is 8.87 Å². The number of hydrogen-bond donors (Lipinski definition) is 0. The van der Waals surface area contributed by atoms with E-state index in [0.29, 0.717) is 0 Å². The second kappa shape index (κ2) is 7.67. The Bertz CT molecular complexity index is 1110. The molecule has 0 radical (unpaired) electrons. The average Bonchev–Trinajstić information content (AvgIpc) is 3.03. The summed E-state index contributed by atoms with van der Waals surface area (Å²) in [6, 6.07) is 14.5. The zero-order valence-corrected chi connectivity index (χ0v) is 17.2. The molecule has 0 amide bonds. The molecule has 0 aliphatic rings. The lowest BCUT2D eigenvalue weighted by molar-refractivity contribution is 0.415. The minimum atomic E-state index is -3.48. The van der Waals surface area contributed by atoms with E-state index in [1.165, 1.54) is 29.7 Å². The molecule has 1 heterocycles. The van der Waals surface area contributed by atoms with E-state index >= 15 is 0 Å². The van der Waals surface area contributed by atoms with Crippen LogP contribution in [0.25, 0.3) is 11.3 Å².